The van der Waals surface area contributed by atoms with Crippen LogP contribution in [0.4, 0.5) is 0 Å². The summed E-state index contributed by atoms with van der Waals surface area (Å²) in [7, 11) is -2.46. The van der Waals surface area contributed by atoms with Gasteiger partial charge in [0.25, 0.3) is 7.59 Å². The standard InChI is InChI=1S/C13H26N3OP/c1-12(2)10-15(12)18(17,16-11-13(16,3)4)14-8-6-5-7-9-14/h5-11H2,1-4H3. The molecule has 0 aromatic rings. The summed E-state index contributed by atoms with van der Waals surface area (Å²) in [5.74, 6) is 0. The molecule has 0 spiro atoms. The highest BCUT2D eigenvalue weighted by Gasteiger charge is 2.66. The van der Waals surface area contributed by atoms with E-state index in [1.807, 2.05) is 0 Å². The van der Waals surface area contributed by atoms with Gasteiger partial charge in [-0.3, -0.25) is 4.57 Å². The highest BCUT2D eigenvalue weighted by Crippen LogP contribution is 2.71. The summed E-state index contributed by atoms with van der Waals surface area (Å²) in [4.78, 5) is 0. The molecule has 18 heavy (non-hydrogen) atoms. The SMILES string of the molecule is CC1(C)CN1P(=O)(N1CCCCC1)N1CC1(C)C. The molecule has 5 heteroatoms. The Kier molecular flexibility index (Phi) is 2.78. The first-order valence-corrected chi connectivity index (χ1v) is 8.77. The first kappa shape index (κ1) is 13.1. The zero-order chi connectivity index (χ0) is 13.2. The van der Waals surface area contributed by atoms with Crippen LogP contribution in [0.5, 0.6) is 0 Å². The average Bonchev–Trinajstić information content (AvgIpc) is 3.15. The van der Waals surface area contributed by atoms with Gasteiger partial charge in [0.2, 0.25) is 0 Å². The van der Waals surface area contributed by atoms with Crippen LogP contribution in [0.1, 0.15) is 47.0 Å². The summed E-state index contributed by atoms with van der Waals surface area (Å²) in [6, 6.07) is 0. The van der Waals surface area contributed by atoms with Crippen LogP contribution in [0.2, 0.25) is 0 Å². The van der Waals surface area contributed by atoms with Gasteiger partial charge in [0.15, 0.2) is 0 Å². The largest absolute Gasteiger partial charge is 0.288 e. The molecule has 3 saturated heterocycles. The van der Waals surface area contributed by atoms with Crippen molar-refractivity contribution >= 4 is 7.59 Å². The molecule has 3 fully saturated rings. The second kappa shape index (κ2) is 3.82. The van der Waals surface area contributed by atoms with Crippen molar-refractivity contribution < 1.29 is 4.57 Å². The van der Waals surface area contributed by atoms with E-state index in [0.29, 0.717) is 0 Å². The van der Waals surface area contributed by atoms with Gasteiger partial charge in [0.05, 0.1) is 0 Å². The predicted octanol–water partition coefficient (Wildman–Crippen LogP) is 2.77. The second-order valence-electron chi connectivity index (χ2n) is 7.27. The van der Waals surface area contributed by atoms with Crippen molar-refractivity contribution in [2.75, 3.05) is 26.2 Å². The molecule has 3 heterocycles. The van der Waals surface area contributed by atoms with Gasteiger partial charge in [-0.05, 0) is 40.5 Å². The Morgan fingerprint density at radius 3 is 1.56 bits per heavy atom. The van der Waals surface area contributed by atoms with Crippen molar-refractivity contribution in [2.24, 2.45) is 0 Å². The molecule has 0 aromatic heterocycles. The van der Waals surface area contributed by atoms with E-state index in [-0.39, 0.29) is 11.1 Å². The lowest BCUT2D eigenvalue weighted by molar-refractivity contribution is 0.302. The summed E-state index contributed by atoms with van der Waals surface area (Å²) in [5, 5.41) is 0. The van der Waals surface area contributed by atoms with E-state index in [0.717, 1.165) is 26.2 Å². The molecule has 4 nitrogen and oxygen atoms in total. The number of hydrogen-bond donors (Lipinski definition) is 0. The van der Waals surface area contributed by atoms with Crippen molar-refractivity contribution in [2.45, 2.75) is 58.0 Å². The number of nitrogens with zero attached hydrogens (tertiary/aromatic N) is 3. The lowest BCUT2D eigenvalue weighted by atomic mass is 10.2. The summed E-state index contributed by atoms with van der Waals surface area (Å²) in [5.41, 5.74) is 0.261. The average molecular weight is 271 g/mol. The van der Waals surface area contributed by atoms with Gasteiger partial charge >= 0.3 is 0 Å². The van der Waals surface area contributed by atoms with E-state index >= 15 is 0 Å². The Labute approximate surface area is 111 Å². The first-order valence-electron chi connectivity index (χ1n) is 7.20. The Morgan fingerprint density at radius 2 is 1.22 bits per heavy atom. The Bertz CT molecular complexity index is 375. The van der Waals surface area contributed by atoms with Crippen LogP contribution >= 0.6 is 7.59 Å². The molecule has 2 atom stereocenters. The maximum absolute atomic E-state index is 13.7. The predicted molar refractivity (Wildman–Crippen MR) is 74.6 cm³/mol. The molecular formula is C13H26N3OP. The number of piperidine rings is 1. The number of hydrogen-bond acceptors (Lipinski definition) is 1. The summed E-state index contributed by atoms with van der Waals surface area (Å²) < 4.78 is 20.5. The van der Waals surface area contributed by atoms with Crippen LogP contribution < -0.4 is 0 Å². The third-order valence-corrected chi connectivity index (χ3v) is 8.35. The highest BCUT2D eigenvalue weighted by molar-refractivity contribution is 7.57. The Hall–Kier alpha value is 0.110. The zero-order valence-electron chi connectivity index (χ0n) is 12.1. The smallest absolute Gasteiger partial charge is 0.270 e. The normalized spacial score (nSPS) is 41.1. The van der Waals surface area contributed by atoms with Crippen LogP contribution in [0.25, 0.3) is 0 Å². The molecule has 3 aliphatic rings. The minimum atomic E-state index is -2.46. The van der Waals surface area contributed by atoms with E-state index in [4.69, 9.17) is 0 Å². The fraction of sp³-hybridized carbons (Fsp3) is 1.00. The van der Waals surface area contributed by atoms with E-state index in [1.165, 1.54) is 19.3 Å². The van der Waals surface area contributed by atoms with Gasteiger partial charge in [-0.2, -0.15) is 0 Å². The molecule has 2 unspecified atom stereocenters. The summed E-state index contributed by atoms with van der Waals surface area (Å²) >= 11 is 0. The molecule has 3 rings (SSSR count). The maximum atomic E-state index is 13.7. The molecule has 0 bridgehead atoms. The molecular weight excluding hydrogens is 245 g/mol. The van der Waals surface area contributed by atoms with E-state index in [9.17, 15) is 4.57 Å². The van der Waals surface area contributed by atoms with Gasteiger partial charge in [-0.15, -0.1) is 0 Å². The minimum Gasteiger partial charge on any atom is -0.270 e. The van der Waals surface area contributed by atoms with Crippen LogP contribution in [0.15, 0.2) is 0 Å². The molecule has 0 amide bonds. The molecule has 0 N–H and O–H groups in total. The molecule has 0 aromatic carbocycles. The lowest BCUT2D eigenvalue weighted by Gasteiger charge is -2.37. The third kappa shape index (κ3) is 1.89. The van der Waals surface area contributed by atoms with E-state index in [1.54, 1.807) is 0 Å². The van der Waals surface area contributed by atoms with Crippen LogP contribution in [-0.4, -0.2) is 51.3 Å². The lowest BCUT2D eigenvalue weighted by Crippen LogP contribution is -2.34. The van der Waals surface area contributed by atoms with Crippen LogP contribution in [0, 0.1) is 0 Å². The van der Waals surface area contributed by atoms with Gasteiger partial charge in [0.1, 0.15) is 0 Å². The second-order valence-corrected chi connectivity index (χ2v) is 9.83. The Morgan fingerprint density at radius 1 is 0.833 bits per heavy atom. The molecule has 0 aliphatic carbocycles. The van der Waals surface area contributed by atoms with Gasteiger partial charge in [0, 0.05) is 37.3 Å². The fourth-order valence-corrected chi connectivity index (χ4v) is 7.27. The highest BCUT2D eigenvalue weighted by atomic mass is 31.2. The van der Waals surface area contributed by atoms with E-state index < -0.39 is 7.59 Å². The van der Waals surface area contributed by atoms with Gasteiger partial charge in [-0.25, -0.2) is 14.0 Å². The van der Waals surface area contributed by atoms with Crippen LogP contribution in [-0.2, 0) is 4.57 Å². The fourth-order valence-electron chi connectivity index (χ4n) is 3.13. The molecule has 3 aliphatic heterocycles. The number of rotatable bonds is 3. The van der Waals surface area contributed by atoms with Crippen molar-refractivity contribution in [3.63, 3.8) is 0 Å². The summed E-state index contributed by atoms with van der Waals surface area (Å²) in [6.07, 6.45) is 3.70. The zero-order valence-corrected chi connectivity index (χ0v) is 13.0. The molecule has 0 radical (unpaired) electrons. The van der Waals surface area contributed by atoms with Gasteiger partial charge < -0.3 is 0 Å². The monoisotopic (exact) mass is 271 g/mol. The topological polar surface area (TPSA) is 26.3 Å². The first-order chi connectivity index (χ1) is 8.28. The quantitative estimate of drug-likeness (QED) is 0.582. The third-order valence-electron chi connectivity index (χ3n) is 4.59. The van der Waals surface area contributed by atoms with Gasteiger partial charge in [-0.1, -0.05) is 6.42 Å². The van der Waals surface area contributed by atoms with Crippen LogP contribution in [0.3, 0.4) is 0 Å². The van der Waals surface area contributed by atoms with Crippen molar-refractivity contribution in [3.05, 3.63) is 0 Å². The molecule has 104 valence electrons. The van der Waals surface area contributed by atoms with Crippen molar-refractivity contribution in [1.82, 2.24) is 14.0 Å². The van der Waals surface area contributed by atoms with Crippen molar-refractivity contribution in [1.29, 1.82) is 0 Å². The van der Waals surface area contributed by atoms with E-state index in [2.05, 4.69) is 41.7 Å². The maximum Gasteiger partial charge on any atom is 0.288 e. The molecule has 0 saturated carbocycles. The summed E-state index contributed by atoms with van der Waals surface area (Å²) in [6.45, 7) is 12.8. The minimum absolute atomic E-state index is 0.131. The Balaban J connectivity index is 1.87. The van der Waals surface area contributed by atoms with Crippen molar-refractivity contribution in [3.8, 4) is 0 Å².